The van der Waals surface area contributed by atoms with Crippen LogP contribution in [0.15, 0.2) is 6.33 Å². The van der Waals surface area contributed by atoms with Crippen molar-refractivity contribution in [2.45, 2.75) is 69.1 Å². The predicted octanol–water partition coefficient (Wildman–Crippen LogP) is 0.809. The van der Waals surface area contributed by atoms with E-state index in [4.69, 9.17) is 4.74 Å². The zero-order valence-corrected chi connectivity index (χ0v) is 15.8. The molecule has 0 aromatic carbocycles. The summed E-state index contributed by atoms with van der Waals surface area (Å²) in [4.78, 5) is 19.2. The first-order valence-corrected chi connectivity index (χ1v) is 10.4. The van der Waals surface area contributed by atoms with Gasteiger partial charge in [-0.05, 0) is 44.9 Å². The molecule has 2 saturated heterocycles. The first-order valence-electron chi connectivity index (χ1n) is 10.4. The third-order valence-corrected chi connectivity index (χ3v) is 6.46. The van der Waals surface area contributed by atoms with Gasteiger partial charge in [0.25, 0.3) is 0 Å². The Kier molecular flexibility index (Phi) is 6.04. The fourth-order valence-electron chi connectivity index (χ4n) is 4.78. The molecular formula is C19H31N5O3. The quantitative estimate of drug-likeness (QED) is 0.717. The molecule has 8 heteroatoms. The molecule has 1 aromatic rings. The molecule has 0 bridgehead atoms. The van der Waals surface area contributed by atoms with E-state index in [0.29, 0.717) is 18.4 Å². The molecular weight excluding hydrogens is 346 g/mol. The number of carbonyl (C=O) groups excluding carboxylic acids is 1. The summed E-state index contributed by atoms with van der Waals surface area (Å²) in [6.07, 6.45) is 7.25. The largest absolute Gasteiger partial charge is 0.391 e. The lowest BCUT2D eigenvalue weighted by Crippen LogP contribution is -2.52. The Morgan fingerprint density at radius 2 is 1.96 bits per heavy atom. The number of hydrogen-bond acceptors (Lipinski definition) is 6. The number of H-pyrrole nitrogens is 1. The van der Waals surface area contributed by atoms with E-state index in [-0.39, 0.29) is 17.9 Å². The number of hydrogen-bond donors (Lipinski definition) is 3. The number of aromatic amines is 1. The van der Waals surface area contributed by atoms with Crippen LogP contribution in [0.1, 0.15) is 56.7 Å². The van der Waals surface area contributed by atoms with Crippen molar-refractivity contribution < 1.29 is 14.6 Å². The molecule has 150 valence electrons. The number of ether oxygens (including phenoxy) is 1. The SMILES string of the molecule is O=C([C@H]1CC[C@H](NC2CCOCC2)[C@@H](O)C1)N1CCC(c2ncn[nH]2)CC1. The molecule has 0 spiro atoms. The van der Waals surface area contributed by atoms with Gasteiger partial charge in [-0.2, -0.15) is 5.10 Å². The molecule has 0 unspecified atom stereocenters. The summed E-state index contributed by atoms with van der Waals surface area (Å²) in [5.41, 5.74) is 0. The number of piperidine rings is 1. The summed E-state index contributed by atoms with van der Waals surface area (Å²) in [6.45, 7) is 3.12. The second kappa shape index (κ2) is 8.67. The number of rotatable bonds is 4. The zero-order valence-electron chi connectivity index (χ0n) is 15.8. The molecule has 3 heterocycles. The molecule has 8 nitrogen and oxygen atoms in total. The number of aliphatic hydroxyl groups excluding tert-OH is 1. The average molecular weight is 377 g/mol. The highest BCUT2D eigenvalue weighted by Gasteiger charge is 2.36. The van der Waals surface area contributed by atoms with Crippen LogP contribution in [0.2, 0.25) is 0 Å². The van der Waals surface area contributed by atoms with Crippen LogP contribution >= 0.6 is 0 Å². The lowest BCUT2D eigenvalue weighted by atomic mass is 9.82. The number of amides is 1. The van der Waals surface area contributed by atoms with Gasteiger partial charge in [-0.25, -0.2) is 4.98 Å². The van der Waals surface area contributed by atoms with Gasteiger partial charge in [-0.1, -0.05) is 0 Å². The fourth-order valence-corrected chi connectivity index (χ4v) is 4.78. The Morgan fingerprint density at radius 1 is 1.19 bits per heavy atom. The maximum Gasteiger partial charge on any atom is 0.225 e. The summed E-state index contributed by atoms with van der Waals surface area (Å²) in [5, 5.41) is 21.1. The lowest BCUT2D eigenvalue weighted by Gasteiger charge is -2.39. The van der Waals surface area contributed by atoms with Crippen molar-refractivity contribution in [3.63, 3.8) is 0 Å². The lowest BCUT2D eigenvalue weighted by molar-refractivity contribution is -0.139. The van der Waals surface area contributed by atoms with Gasteiger partial charge in [-0.15, -0.1) is 0 Å². The minimum Gasteiger partial charge on any atom is -0.391 e. The Morgan fingerprint density at radius 3 is 2.63 bits per heavy atom. The highest BCUT2D eigenvalue weighted by atomic mass is 16.5. The first-order chi connectivity index (χ1) is 13.2. The Balaban J connectivity index is 1.24. The monoisotopic (exact) mass is 377 g/mol. The molecule has 1 saturated carbocycles. The van der Waals surface area contributed by atoms with Gasteiger partial charge in [-0.3, -0.25) is 9.89 Å². The number of likely N-dealkylation sites (tertiary alicyclic amines) is 1. The standard InChI is InChI=1S/C19H31N5O3/c25-17-11-14(1-2-16(17)22-15-5-9-27-10-6-15)19(26)24-7-3-13(4-8-24)18-20-12-21-23-18/h12-17,22,25H,1-11H2,(H,20,21,23)/t14-,16-,17-/m0/s1. The van der Waals surface area contributed by atoms with Crippen LogP contribution in [0.4, 0.5) is 0 Å². The molecule has 1 aromatic heterocycles. The van der Waals surface area contributed by atoms with Crippen molar-refractivity contribution in [3.05, 3.63) is 12.2 Å². The molecule has 1 amide bonds. The van der Waals surface area contributed by atoms with E-state index >= 15 is 0 Å². The summed E-state index contributed by atoms with van der Waals surface area (Å²) in [7, 11) is 0. The van der Waals surface area contributed by atoms with Crippen molar-refractivity contribution >= 4 is 5.91 Å². The number of nitrogens with one attached hydrogen (secondary N) is 2. The van der Waals surface area contributed by atoms with Crippen LogP contribution in [-0.2, 0) is 9.53 Å². The highest BCUT2D eigenvalue weighted by molar-refractivity contribution is 5.79. The van der Waals surface area contributed by atoms with Crippen LogP contribution in [0.3, 0.4) is 0 Å². The molecule has 3 aliphatic rings. The van der Waals surface area contributed by atoms with E-state index in [1.165, 1.54) is 0 Å². The third kappa shape index (κ3) is 4.50. The number of nitrogens with zero attached hydrogens (tertiary/aromatic N) is 3. The van der Waals surface area contributed by atoms with E-state index in [0.717, 1.165) is 70.7 Å². The minimum absolute atomic E-state index is 0.0467. The van der Waals surface area contributed by atoms with Crippen molar-refractivity contribution in [1.82, 2.24) is 25.4 Å². The average Bonchev–Trinajstić information content (AvgIpc) is 3.25. The van der Waals surface area contributed by atoms with Gasteiger partial charge < -0.3 is 20.1 Å². The van der Waals surface area contributed by atoms with Crippen molar-refractivity contribution in [1.29, 1.82) is 0 Å². The molecule has 3 N–H and O–H groups in total. The van der Waals surface area contributed by atoms with Crippen LogP contribution in [-0.4, -0.2) is 75.6 Å². The van der Waals surface area contributed by atoms with Crippen LogP contribution in [0, 0.1) is 5.92 Å². The second-order valence-electron chi connectivity index (χ2n) is 8.21. The minimum atomic E-state index is -0.442. The Hall–Kier alpha value is -1.51. The molecule has 1 aliphatic carbocycles. The van der Waals surface area contributed by atoms with Gasteiger partial charge in [0.15, 0.2) is 0 Å². The van der Waals surface area contributed by atoms with Crippen LogP contribution in [0.25, 0.3) is 0 Å². The topological polar surface area (TPSA) is 103 Å². The summed E-state index contributed by atoms with van der Waals surface area (Å²) >= 11 is 0. The molecule has 3 atom stereocenters. The predicted molar refractivity (Wildman–Crippen MR) is 99.1 cm³/mol. The van der Waals surface area contributed by atoms with Crippen LogP contribution in [0.5, 0.6) is 0 Å². The summed E-state index contributed by atoms with van der Waals surface area (Å²) < 4.78 is 5.40. The highest BCUT2D eigenvalue weighted by Crippen LogP contribution is 2.30. The summed E-state index contributed by atoms with van der Waals surface area (Å²) in [6, 6.07) is 0.537. The van der Waals surface area contributed by atoms with Gasteiger partial charge >= 0.3 is 0 Å². The van der Waals surface area contributed by atoms with E-state index in [9.17, 15) is 9.90 Å². The Bertz CT molecular complexity index is 596. The van der Waals surface area contributed by atoms with Crippen molar-refractivity contribution in [2.24, 2.45) is 5.92 Å². The van der Waals surface area contributed by atoms with Crippen LogP contribution < -0.4 is 5.32 Å². The Labute approximate surface area is 160 Å². The molecule has 27 heavy (non-hydrogen) atoms. The normalized spacial score (nSPS) is 31.1. The second-order valence-corrected chi connectivity index (χ2v) is 8.21. The van der Waals surface area contributed by atoms with E-state index in [2.05, 4.69) is 20.5 Å². The fraction of sp³-hybridized carbons (Fsp3) is 0.842. The third-order valence-electron chi connectivity index (χ3n) is 6.46. The van der Waals surface area contributed by atoms with E-state index < -0.39 is 6.10 Å². The van der Waals surface area contributed by atoms with Gasteiger partial charge in [0.1, 0.15) is 12.2 Å². The van der Waals surface area contributed by atoms with Gasteiger partial charge in [0.2, 0.25) is 5.91 Å². The maximum absolute atomic E-state index is 12.9. The smallest absolute Gasteiger partial charge is 0.225 e. The molecule has 2 aliphatic heterocycles. The van der Waals surface area contributed by atoms with Gasteiger partial charge in [0, 0.05) is 50.2 Å². The number of aromatic nitrogens is 3. The molecule has 0 radical (unpaired) electrons. The van der Waals surface area contributed by atoms with E-state index in [1.54, 1.807) is 6.33 Å². The first kappa shape index (κ1) is 18.8. The van der Waals surface area contributed by atoms with E-state index in [1.807, 2.05) is 4.90 Å². The molecule has 4 rings (SSSR count). The maximum atomic E-state index is 12.9. The number of aliphatic hydroxyl groups is 1. The van der Waals surface area contributed by atoms with Gasteiger partial charge in [0.05, 0.1) is 6.10 Å². The molecule has 3 fully saturated rings. The van der Waals surface area contributed by atoms with Crippen molar-refractivity contribution in [2.75, 3.05) is 26.3 Å². The zero-order chi connectivity index (χ0) is 18.6. The summed E-state index contributed by atoms with van der Waals surface area (Å²) in [5.74, 6) is 1.46. The van der Waals surface area contributed by atoms with Crippen molar-refractivity contribution in [3.8, 4) is 0 Å². The number of carbonyl (C=O) groups is 1.